The lowest BCUT2D eigenvalue weighted by Crippen LogP contribution is -2.27. The quantitative estimate of drug-likeness (QED) is 0.474. The van der Waals surface area contributed by atoms with Gasteiger partial charge in [-0.05, 0) is 50.8 Å². The predicted octanol–water partition coefficient (Wildman–Crippen LogP) is 5.33. The second-order valence-corrected chi connectivity index (χ2v) is 15.3. The fourth-order valence-corrected chi connectivity index (χ4v) is 13.9. The van der Waals surface area contributed by atoms with E-state index in [1.807, 2.05) is 0 Å². The van der Waals surface area contributed by atoms with Gasteiger partial charge in [0.05, 0.1) is 0 Å². The van der Waals surface area contributed by atoms with Crippen LogP contribution in [0.1, 0.15) is 78.1 Å². The van der Waals surface area contributed by atoms with E-state index < -0.39 is 10.5 Å². The highest BCUT2D eigenvalue weighted by molar-refractivity contribution is 8.71. The average Bonchev–Trinajstić information content (AvgIpc) is 2.53. The van der Waals surface area contributed by atoms with Crippen molar-refractivity contribution in [2.24, 2.45) is 0 Å². The number of rotatable bonds is 6. The van der Waals surface area contributed by atoms with Crippen LogP contribution in [0.4, 0.5) is 0 Å². The number of hydrogen-bond donors (Lipinski definition) is 0. The Labute approximate surface area is 144 Å². The zero-order valence-electron chi connectivity index (χ0n) is 13.9. The maximum Gasteiger partial charge on any atom is 0.150 e. The summed E-state index contributed by atoms with van der Waals surface area (Å²) in [6.07, 6.45) is 12.7. The van der Waals surface area contributed by atoms with Crippen LogP contribution in [0.3, 0.4) is 0 Å². The smallest absolute Gasteiger partial charge is 0.150 e. The highest BCUT2D eigenvalue weighted by Crippen LogP contribution is 2.72. The Hall–Kier alpha value is 0.340. The molecule has 0 heterocycles. The lowest BCUT2D eigenvalue weighted by atomic mass is 10.00. The second kappa shape index (κ2) is 8.44. The molecule has 2 rings (SSSR count). The van der Waals surface area contributed by atoms with Crippen LogP contribution in [0.5, 0.6) is 0 Å². The molecule has 0 aromatic carbocycles. The van der Waals surface area contributed by atoms with Crippen molar-refractivity contribution in [1.82, 2.24) is 0 Å². The number of ketones is 2. The molecule has 22 heavy (non-hydrogen) atoms. The van der Waals surface area contributed by atoms with Crippen molar-refractivity contribution in [1.29, 1.82) is 0 Å². The zero-order valence-corrected chi connectivity index (χ0v) is 16.4. The second-order valence-electron chi connectivity index (χ2n) is 6.94. The molecule has 0 atom stereocenters. The summed E-state index contributed by atoms with van der Waals surface area (Å²) in [5.41, 5.74) is 1.20. The Balaban J connectivity index is 2.24. The van der Waals surface area contributed by atoms with Gasteiger partial charge in [-0.25, -0.2) is 0 Å². The zero-order chi connectivity index (χ0) is 16.2. The summed E-state index contributed by atoms with van der Waals surface area (Å²) in [4.78, 5) is 23.9. The topological polar surface area (TPSA) is 34.1 Å². The van der Waals surface area contributed by atoms with Crippen molar-refractivity contribution in [3.05, 3.63) is 0 Å². The molecule has 2 nitrogen and oxygen atoms in total. The van der Waals surface area contributed by atoms with E-state index >= 15 is 0 Å². The van der Waals surface area contributed by atoms with Gasteiger partial charge in [-0.15, -0.1) is 11.4 Å². The molecule has 0 aromatic rings. The molecule has 0 radical (unpaired) electrons. The predicted molar refractivity (Wildman–Crippen MR) is 101 cm³/mol. The molecule has 0 spiro atoms. The Morgan fingerprint density at radius 3 is 1.55 bits per heavy atom. The highest BCUT2D eigenvalue weighted by Gasteiger charge is 2.41. The molecule has 0 bridgehead atoms. The first kappa shape index (κ1) is 18.7. The van der Waals surface area contributed by atoms with Crippen molar-refractivity contribution < 1.29 is 9.59 Å². The standard InChI is InChI=1S/C17H29O2PS2/c1-13(18)17(14(2)19)22-20(21,15-9-5-3-6-10-15)16-11-7-4-8-12-16/h15-17H,3-12H2,1-2H3. The summed E-state index contributed by atoms with van der Waals surface area (Å²) >= 11 is 7.97. The van der Waals surface area contributed by atoms with Gasteiger partial charge in [0.15, 0.2) is 11.6 Å². The van der Waals surface area contributed by atoms with Crippen LogP contribution >= 0.6 is 16.6 Å². The van der Waals surface area contributed by atoms with Crippen LogP contribution in [-0.4, -0.2) is 28.1 Å². The molecule has 0 amide bonds. The number of hydrogen-bond acceptors (Lipinski definition) is 4. The summed E-state index contributed by atoms with van der Waals surface area (Å²) in [6, 6.07) is 0. The van der Waals surface area contributed by atoms with Gasteiger partial charge in [0.2, 0.25) is 0 Å². The number of carbonyl (C=O) groups is 2. The van der Waals surface area contributed by atoms with E-state index in [9.17, 15) is 9.59 Å². The highest BCUT2D eigenvalue weighted by atomic mass is 32.9. The molecule has 2 aliphatic carbocycles. The van der Waals surface area contributed by atoms with E-state index in [2.05, 4.69) is 0 Å². The molecule has 0 aliphatic heterocycles. The third kappa shape index (κ3) is 4.45. The van der Waals surface area contributed by atoms with Crippen LogP contribution in [0, 0.1) is 0 Å². The maximum atomic E-state index is 12.0. The van der Waals surface area contributed by atoms with E-state index in [1.54, 1.807) is 25.2 Å². The normalized spacial score (nSPS) is 22.0. The van der Waals surface area contributed by atoms with Gasteiger partial charge in [0.25, 0.3) is 0 Å². The molecule has 126 valence electrons. The summed E-state index contributed by atoms with van der Waals surface area (Å²) in [7, 11) is 0. The van der Waals surface area contributed by atoms with Crippen molar-refractivity contribution in [3.63, 3.8) is 0 Å². The molecular formula is C17H29O2PS2. The first-order chi connectivity index (χ1) is 10.4. The molecule has 5 heteroatoms. The van der Waals surface area contributed by atoms with Crippen LogP contribution < -0.4 is 0 Å². The molecule has 0 N–H and O–H groups in total. The van der Waals surface area contributed by atoms with E-state index in [1.165, 1.54) is 64.2 Å². The summed E-state index contributed by atoms with van der Waals surface area (Å²) in [5.74, 6) is -0.00307. The Morgan fingerprint density at radius 2 is 1.23 bits per heavy atom. The van der Waals surface area contributed by atoms with Crippen molar-refractivity contribution in [3.8, 4) is 0 Å². The van der Waals surface area contributed by atoms with Gasteiger partial charge in [0, 0.05) is 5.24 Å². The minimum absolute atomic E-state index is 0.00153. The monoisotopic (exact) mass is 360 g/mol. The average molecular weight is 361 g/mol. The van der Waals surface area contributed by atoms with E-state index in [4.69, 9.17) is 11.8 Å². The molecule has 0 saturated heterocycles. The van der Waals surface area contributed by atoms with E-state index in [0.29, 0.717) is 11.3 Å². The third-order valence-corrected chi connectivity index (χ3v) is 15.4. The molecule has 2 fully saturated rings. The van der Waals surface area contributed by atoms with Crippen LogP contribution in [0.25, 0.3) is 0 Å². The van der Waals surface area contributed by atoms with Gasteiger partial charge < -0.3 is 0 Å². The van der Waals surface area contributed by atoms with Crippen LogP contribution in [-0.2, 0) is 21.4 Å². The van der Waals surface area contributed by atoms with Crippen molar-refractivity contribution >= 4 is 40.0 Å². The Morgan fingerprint density at radius 1 is 0.864 bits per heavy atom. The van der Waals surface area contributed by atoms with Gasteiger partial charge >= 0.3 is 0 Å². The molecule has 2 aliphatic rings. The molecule has 0 aromatic heterocycles. The Bertz CT molecular complexity index is 416. The Kier molecular flexibility index (Phi) is 7.17. The largest absolute Gasteiger partial charge is 0.298 e. The fourth-order valence-electron chi connectivity index (χ4n) is 3.95. The number of carbonyl (C=O) groups excluding carboxylic acids is 2. The first-order valence-corrected chi connectivity index (χ1v) is 13.2. The van der Waals surface area contributed by atoms with Crippen molar-refractivity contribution in [2.45, 2.75) is 94.6 Å². The summed E-state index contributed by atoms with van der Waals surface area (Å²) < 4.78 is 0. The van der Waals surface area contributed by atoms with E-state index in [-0.39, 0.29) is 11.6 Å². The van der Waals surface area contributed by atoms with E-state index in [0.717, 1.165) is 0 Å². The number of Topliss-reactive ketones (excluding diaryl/α,β-unsaturated/α-hetero) is 2. The molecular weight excluding hydrogens is 331 g/mol. The van der Waals surface area contributed by atoms with Gasteiger partial charge in [-0.1, -0.05) is 50.3 Å². The minimum Gasteiger partial charge on any atom is -0.298 e. The van der Waals surface area contributed by atoms with Gasteiger partial charge in [0.1, 0.15) is 5.25 Å². The van der Waals surface area contributed by atoms with Crippen molar-refractivity contribution in [2.75, 3.05) is 0 Å². The third-order valence-electron chi connectivity index (χ3n) is 5.18. The van der Waals surface area contributed by atoms with Gasteiger partial charge in [-0.2, -0.15) is 0 Å². The first-order valence-electron chi connectivity index (χ1n) is 8.74. The summed E-state index contributed by atoms with van der Waals surface area (Å²) in [5, 5.41) is -2.23. The lowest BCUT2D eigenvalue weighted by molar-refractivity contribution is -0.123. The SMILES string of the molecule is CC(=O)C(SP(=S)(C1CCCCC1)C1CCCCC1)C(C)=O. The maximum absolute atomic E-state index is 12.0. The minimum atomic E-state index is -1.73. The molecule has 2 saturated carbocycles. The fraction of sp³-hybridized carbons (Fsp3) is 0.882. The van der Waals surface area contributed by atoms with Crippen LogP contribution in [0.15, 0.2) is 0 Å². The summed E-state index contributed by atoms with van der Waals surface area (Å²) in [6.45, 7) is 3.11. The molecule has 0 unspecified atom stereocenters. The van der Waals surface area contributed by atoms with Crippen LogP contribution in [0.2, 0.25) is 0 Å². The van der Waals surface area contributed by atoms with Gasteiger partial charge in [-0.3, -0.25) is 9.59 Å². The lowest BCUT2D eigenvalue weighted by Gasteiger charge is -2.41.